The SMILES string of the molecule is CCCCOC(=O)c1cccc(C#CCOCCOCCOCCOCCNC(=O)OC(C)(C)C)c1. The van der Waals surface area contributed by atoms with Gasteiger partial charge in [0.15, 0.2) is 0 Å². The van der Waals surface area contributed by atoms with Gasteiger partial charge in [0.05, 0.1) is 58.4 Å². The van der Waals surface area contributed by atoms with E-state index in [1.807, 2.05) is 33.8 Å². The second-order valence-electron chi connectivity index (χ2n) is 8.69. The third-order valence-electron chi connectivity index (χ3n) is 4.27. The lowest BCUT2D eigenvalue weighted by molar-refractivity contribution is 0.00125. The second kappa shape index (κ2) is 19.5. The molecule has 1 aromatic carbocycles. The summed E-state index contributed by atoms with van der Waals surface area (Å²) in [4.78, 5) is 23.5. The molecule has 0 atom stereocenters. The predicted molar refractivity (Wildman–Crippen MR) is 136 cm³/mol. The van der Waals surface area contributed by atoms with Gasteiger partial charge in [-0.05, 0) is 45.4 Å². The lowest BCUT2D eigenvalue weighted by Gasteiger charge is -2.19. The molecule has 1 amide bonds. The average Bonchev–Trinajstić information content (AvgIpc) is 2.83. The standard InChI is InChI=1S/C27H41NO8/c1-5-6-14-35-25(29)24-11-7-9-23(22-24)10-8-13-31-16-18-33-20-21-34-19-17-32-15-12-28-26(30)36-27(2,3)4/h7,9,11,22H,5-6,12-21H2,1-4H3,(H,28,30). The Kier molecular flexibility index (Phi) is 17.0. The van der Waals surface area contributed by atoms with Gasteiger partial charge in [-0.25, -0.2) is 9.59 Å². The molecule has 0 aliphatic heterocycles. The smallest absolute Gasteiger partial charge is 0.407 e. The number of unbranched alkanes of at least 4 members (excludes halogenated alkanes) is 1. The summed E-state index contributed by atoms with van der Waals surface area (Å²) in [5, 5.41) is 2.62. The van der Waals surface area contributed by atoms with E-state index in [9.17, 15) is 9.59 Å². The number of ether oxygens (including phenoxy) is 6. The Bertz CT molecular complexity index is 810. The number of hydrogen-bond donors (Lipinski definition) is 1. The zero-order chi connectivity index (χ0) is 26.5. The van der Waals surface area contributed by atoms with E-state index in [4.69, 9.17) is 28.4 Å². The van der Waals surface area contributed by atoms with E-state index >= 15 is 0 Å². The van der Waals surface area contributed by atoms with Crippen molar-refractivity contribution in [2.24, 2.45) is 0 Å². The van der Waals surface area contributed by atoms with Crippen molar-refractivity contribution in [3.8, 4) is 11.8 Å². The van der Waals surface area contributed by atoms with Crippen LogP contribution in [0.1, 0.15) is 56.5 Å². The number of alkyl carbamates (subject to hydrolysis) is 1. The summed E-state index contributed by atoms with van der Waals surface area (Å²) in [5.41, 5.74) is 0.720. The molecule has 0 bridgehead atoms. The van der Waals surface area contributed by atoms with Crippen molar-refractivity contribution in [3.63, 3.8) is 0 Å². The van der Waals surface area contributed by atoms with Crippen LogP contribution >= 0.6 is 0 Å². The fourth-order valence-electron chi connectivity index (χ4n) is 2.58. The van der Waals surface area contributed by atoms with Crippen molar-refractivity contribution in [1.82, 2.24) is 5.32 Å². The highest BCUT2D eigenvalue weighted by molar-refractivity contribution is 5.89. The molecular weight excluding hydrogens is 466 g/mol. The molecule has 202 valence electrons. The van der Waals surface area contributed by atoms with Crippen molar-refractivity contribution in [2.45, 2.75) is 46.1 Å². The van der Waals surface area contributed by atoms with Gasteiger partial charge in [-0.15, -0.1) is 0 Å². The molecule has 0 aliphatic carbocycles. The monoisotopic (exact) mass is 507 g/mol. The molecule has 1 N–H and O–H groups in total. The summed E-state index contributed by atoms with van der Waals surface area (Å²) in [6.45, 7) is 11.6. The summed E-state index contributed by atoms with van der Waals surface area (Å²) in [6.07, 6.45) is 1.38. The maximum absolute atomic E-state index is 12.0. The van der Waals surface area contributed by atoms with Gasteiger partial charge in [-0.3, -0.25) is 0 Å². The third kappa shape index (κ3) is 17.7. The number of hydrogen-bond acceptors (Lipinski definition) is 8. The minimum atomic E-state index is -0.513. The molecule has 9 heteroatoms. The van der Waals surface area contributed by atoms with Crippen LogP contribution in [0, 0.1) is 11.8 Å². The Morgan fingerprint density at radius 2 is 1.53 bits per heavy atom. The van der Waals surface area contributed by atoms with E-state index in [1.54, 1.807) is 18.2 Å². The zero-order valence-electron chi connectivity index (χ0n) is 22.1. The minimum Gasteiger partial charge on any atom is -0.462 e. The summed E-state index contributed by atoms with van der Waals surface area (Å²) in [5.74, 6) is 5.58. The van der Waals surface area contributed by atoms with E-state index < -0.39 is 11.7 Å². The van der Waals surface area contributed by atoms with Gasteiger partial charge in [0.1, 0.15) is 12.2 Å². The zero-order valence-corrected chi connectivity index (χ0v) is 22.1. The molecule has 1 aromatic rings. The van der Waals surface area contributed by atoms with Gasteiger partial charge in [-0.1, -0.05) is 31.3 Å². The van der Waals surface area contributed by atoms with Crippen molar-refractivity contribution in [3.05, 3.63) is 35.4 Å². The Hall–Kier alpha value is -2.64. The van der Waals surface area contributed by atoms with Crippen molar-refractivity contribution in [1.29, 1.82) is 0 Å². The molecule has 0 unspecified atom stereocenters. The van der Waals surface area contributed by atoms with E-state index in [-0.39, 0.29) is 12.6 Å². The quantitative estimate of drug-likeness (QED) is 0.194. The maximum atomic E-state index is 12.0. The summed E-state index contributed by atoms with van der Waals surface area (Å²) < 4.78 is 32.0. The van der Waals surface area contributed by atoms with Crippen LogP contribution in [-0.2, 0) is 28.4 Å². The first kappa shape index (κ1) is 31.4. The third-order valence-corrected chi connectivity index (χ3v) is 4.27. The molecule has 0 aromatic heterocycles. The van der Waals surface area contributed by atoms with Crippen LogP contribution in [0.3, 0.4) is 0 Å². The number of esters is 1. The predicted octanol–water partition coefficient (Wildman–Crippen LogP) is 3.59. The Morgan fingerprint density at radius 3 is 2.17 bits per heavy atom. The van der Waals surface area contributed by atoms with E-state index in [0.29, 0.717) is 65.0 Å². The highest BCUT2D eigenvalue weighted by Gasteiger charge is 2.15. The number of benzene rings is 1. The van der Waals surface area contributed by atoms with Gasteiger partial charge in [-0.2, -0.15) is 0 Å². The van der Waals surface area contributed by atoms with Gasteiger partial charge in [0, 0.05) is 12.1 Å². The fraction of sp³-hybridized carbons (Fsp3) is 0.630. The van der Waals surface area contributed by atoms with Crippen LogP contribution in [0.25, 0.3) is 0 Å². The molecule has 0 aliphatic rings. The number of carbonyl (C=O) groups excluding carboxylic acids is 2. The molecule has 0 fully saturated rings. The van der Waals surface area contributed by atoms with Crippen molar-refractivity contribution in [2.75, 3.05) is 66.0 Å². The van der Waals surface area contributed by atoms with Gasteiger partial charge < -0.3 is 33.7 Å². The minimum absolute atomic E-state index is 0.269. The molecule has 0 radical (unpaired) electrons. The molecule has 0 heterocycles. The highest BCUT2D eigenvalue weighted by atomic mass is 16.6. The van der Waals surface area contributed by atoms with Crippen LogP contribution in [-0.4, -0.2) is 83.7 Å². The molecule has 0 spiro atoms. The molecule has 1 rings (SSSR count). The second-order valence-corrected chi connectivity index (χ2v) is 8.69. The first-order chi connectivity index (χ1) is 17.3. The van der Waals surface area contributed by atoms with Crippen molar-refractivity contribution < 1.29 is 38.0 Å². The average molecular weight is 508 g/mol. The van der Waals surface area contributed by atoms with E-state index in [2.05, 4.69) is 17.2 Å². The number of nitrogens with one attached hydrogen (secondary N) is 1. The first-order valence-electron chi connectivity index (χ1n) is 12.4. The molecule has 0 saturated heterocycles. The van der Waals surface area contributed by atoms with Gasteiger partial charge in [0.25, 0.3) is 0 Å². The summed E-state index contributed by atoms with van der Waals surface area (Å²) >= 11 is 0. The van der Waals surface area contributed by atoms with E-state index in [1.165, 1.54) is 0 Å². The largest absolute Gasteiger partial charge is 0.462 e. The summed E-state index contributed by atoms with van der Waals surface area (Å²) in [7, 11) is 0. The fourth-order valence-corrected chi connectivity index (χ4v) is 2.58. The summed E-state index contributed by atoms with van der Waals surface area (Å²) in [6, 6.07) is 7.06. The van der Waals surface area contributed by atoms with Crippen LogP contribution in [0.4, 0.5) is 4.79 Å². The van der Waals surface area contributed by atoms with E-state index in [0.717, 1.165) is 18.4 Å². The molecular formula is C27H41NO8. The van der Waals surface area contributed by atoms with Crippen molar-refractivity contribution >= 4 is 12.1 Å². The first-order valence-corrected chi connectivity index (χ1v) is 12.4. The van der Waals surface area contributed by atoms with Crippen LogP contribution in [0.15, 0.2) is 24.3 Å². The Balaban J connectivity index is 1.96. The molecule has 36 heavy (non-hydrogen) atoms. The van der Waals surface area contributed by atoms with Crippen LogP contribution in [0.5, 0.6) is 0 Å². The molecule has 0 saturated carbocycles. The Morgan fingerprint density at radius 1 is 0.889 bits per heavy atom. The number of carbonyl (C=O) groups is 2. The topological polar surface area (TPSA) is 102 Å². The lowest BCUT2D eigenvalue weighted by atomic mass is 10.1. The Labute approximate surface area is 215 Å². The highest BCUT2D eigenvalue weighted by Crippen LogP contribution is 2.07. The lowest BCUT2D eigenvalue weighted by Crippen LogP contribution is -2.34. The van der Waals surface area contributed by atoms with Crippen LogP contribution in [0.2, 0.25) is 0 Å². The molecule has 9 nitrogen and oxygen atoms in total. The number of rotatable bonds is 17. The van der Waals surface area contributed by atoms with Gasteiger partial charge in [0.2, 0.25) is 0 Å². The van der Waals surface area contributed by atoms with Crippen LogP contribution < -0.4 is 5.32 Å². The number of amides is 1. The normalized spacial score (nSPS) is 10.9. The maximum Gasteiger partial charge on any atom is 0.407 e. The van der Waals surface area contributed by atoms with Gasteiger partial charge >= 0.3 is 12.1 Å².